The van der Waals surface area contributed by atoms with Gasteiger partial charge in [-0.05, 0) is 31.4 Å². The number of carbonyl (C=O) groups is 1. The molecule has 0 saturated carbocycles. The molecule has 0 aliphatic carbocycles. The molecule has 0 radical (unpaired) electrons. The van der Waals surface area contributed by atoms with Crippen molar-refractivity contribution in [2.75, 3.05) is 19.5 Å². The maximum Gasteiger partial charge on any atom is 0.338 e. The van der Waals surface area contributed by atoms with E-state index < -0.39 is 5.97 Å². The summed E-state index contributed by atoms with van der Waals surface area (Å²) in [7, 11) is 1.35. The minimum atomic E-state index is -0.411. The van der Waals surface area contributed by atoms with Gasteiger partial charge in [-0.2, -0.15) is 5.10 Å². The summed E-state index contributed by atoms with van der Waals surface area (Å²) >= 11 is 0. The predicted molar refractivity (Wildman–Crippen MR) is 74.3 cm³/mol. The number of hydrogen-bond acceptors (Lipinski definition) is 5. The van der Waals surface area contributed by atoms with Gasteiger partial charge in [0.2, 0.25) is 0 Å². The molecule has 2 aromatic rings. The molecule has 0 spiro atoms. The van der Waals surface area contributed by atoms with E-state index in [0.717, 1.165) is 36.8 Å². The lowest BCUT2D eigenvalue weighted by Crippen LogP contribution is -2.19. The summed E-state index contributed by atoms with van der Waals surface area (Å²) < 4.78 is 12.3. The molecule has 6 heteroatoms. The van der Waals surface area contributed by atoms with Gasteiger partial charge in [0, 0.05) is 17.7 Å². The lowest BCUT2D eigenvalue weighted by molar-refractivity contribution is -0.0366. The number of rotatable bonds is 2. The first-order chi connectivity index (χ1) is 9.70. The highest BCUT2D eigenvalue weighted by Crippen LogP contribution is 2.29. The number of hydrogen-bond donors (Lipinski definition) is 1. The van der Waals surface area contributed by atoms with Crippen LogP contribution in [0.25, 0.3) is 10.9 Å². The van der Waals surface area contributed by atoms with Crippen LogP contribution in [-0.4, -0.2) is 29.5 Å². The number of anilines is 1. The number of benzene rings is 1. The Morgan fingerprint density at radius 1 is 1.50 bits per heavy atom. The second-order valence-corrected chi connectivity index (χ2v) is 4.90. The zero-order valence-electron chi connectivity index (χ0n) is 11.3. The van der Waals surface area contributed by atoms with Gasteiger partial charge in [0.1, 0.15) is 0 Å². The summed E-state index contributed by atoms with van der Waals surface area (Å²) in [5.41, 5.74) is 7.63. The van der Waals surface area contributed by atoms with Crippen molar-refractivity contribution in [2.24, 2.45) is 0 Å². The monoisotopic (exact) mass is 275 g/mol. The maximum absolute atomic E-state index is 11.8. The number of ether oxygens (including phenoxy) is 2. The fraction of sp³-hybridized carbons (Fsp3) is 0.429. The van der Waals surface area contributed by atoms with Gasteiger partial charge in [0.15, 0.2) is 6.23 Å². The van der Waals surface area contributed by atoms with Gasteiger partial charge in [0.25, 0.3) is 0 Å². The second-order valence-electron chi connectivity index (χ2n) is 4.90. The Kier molecular flexibility index (Phi) is 3.31. The van der Waals surface area contributed by atoms with Crippen molar-refractivity contribution in [3.8, 4) is 0 Å². The average Bonchev–Trinajstić information content (AvgIpc) is 2.90. The summed E-state index contributed by atoms with van der Waals surface area (Å²) in [6.45, 7) is 0.734. The Morgan fingerprint density at radius 3 is 3.05 bits per heavy atom. The highest BCUT2D eigenvalue weighted by Gasteiger charge is 2.21. The zero-order chi connectivity index (χ0) is 14.1. The molecule has 1 saturated heterocycles. The summed E-state index contributed by atoms with van der Waals surface area (Å²) in [6.07, 6.45) is 4.68. The molecule has 1 aromatic carbocycles. The van der Waals surface area contributed by atoms with Crippen molar-refractivity contribution in [1.29, 1.82) is 0 Å². The normalized spacial score (nSPS) is 19.1. The molecular formula is C14H17N3O3. The number of nitrogen functional groups attached to an aromatic ring is 1. The highest BCUT2D eigenvalue weighted by atomic mass is 16.5. The topological polar surface area (TPSA) is 79.4 Å². The van der Waals surface area contributed by atoms with Crippen LogP contribution in [0.2, 0.25) is 0 Å². The largest absolute Gasteiger partial charge is 0.465 e. The third-order valence-electron chi connectivity index (χ3n) is 3.57. The van der Waals surface area contributed by atoms with Gasteiger partial charge < -0.3 is 15.2 Å². The van der Waals surface area contributed by atoms with E-state index in [2.05, 4.69) is 5.10 Å². The van der Waals surface area contributed by atoms with E-state index >= 15 is 0 Å². The molecule has 2 heterocycles. The summed E-state index contributed by atoms with van der Waals surface area (Å²) in [5, 5.41) is 5.10. The van der Waals surface area contributed by atoms with Crippen LogP contribution in [0.3, 0.4) is 0 Å². The van der Waals surface area contributed by atoms with E-state index in [-0.39, 0.29) is 6.23 Å². The number of nitrogens with two attached hydrogens (primary N) is 1. The summed E-state index contributed by atoms with van der Waals surface area (Å²) in [5.74, 6) is -0.411. The quantitative estimate of drug-likeness (QED) is 0.670. The fourth-order valence-corrected chi connectivity index (χ4v) is 2.59. The molecular weight excluding hydrogens is 258 g/mol. The number of esters is 1. The Bertz CT molecular complexity index is 644. The molecule has 1 aliphatic rings. The van der Waals surface area contributed by atoms with Crippen LogP contribution in [0.5, 0.6) is 0 Å². The lowest BCUT2D eigenvalue weighted by atomic mass is 10.1. The molecule has 1 atom stereocenters. The van der Waals surface area contributed by atoms with Crippen LogP contribution in [0.1, 0.15) is 35.8 Å². The van der Waals surface area contributed by atoms with E-state index in [0.29, 0.717) is 11.3 Å². The molecule has 1 unspecified atom stereocenters. The lowest BCUT2D eigenvalue weighted by Gasteiger charge is -2.23. The van der Waals surface area contributed by atoms with Gasteiger partial charge in [0.05, 0.1) is 24.4 Å². The molecule has 106 valence electrons. The van der Waals surface area contributed by atoms with Crippen molar-refractivity contribution in [2.45, 2.75) is 25.5 Å². The summed E-state index contributed by atoms with van der Waals surface area (Å²) in [4.78, 5) is 11.8. The molecule has 1 fully saturated rings. The summed E-state index contributed by atoms with van der Waals surface area (Å²) in [6, 6.07) is 3.43. The van der Waals surface area contributed by atoms with Crippen LogP contribution in [0.4, 0.5) is 5.69 Å². The van der Waals surface area contributed by atoms with Gasteiger partial charge in [-0.1, -0.05) is 0 Å². The molecule has 1 aliphatic heterocycles. The Labute approximate surface area is 116 Å². The second kappa shape index (κ2) is 5.13. The van der Waals surface area contributed by atoms with Crippen LogP contribution < -0.4 is 5.73 Å². The molecule has 20 heavy (non-hydrogen) atoms. The van der Waals surface area contributed by atoms with E-state index in [4.69, 9.17) is 15.2 Å². The maximum atomic E-state index is 11.8. The van der Waals surface area contributed by atoms with Crippen LogP contribution >= 0.6 is 0 Å². The Balaban J connectivity index is 2.11. The van der Waals surface area contributed by atoms with Crippen LogP contribution in [-0.2, 0) is 9.47 Å². The number of nitrogens with zero attached hydrogens (tertiary/aromatic N) is 2. The third-order valence-corrected chi connectivity index (χ3v) is 3.57. The minimum absolute atomic E-state index is 0.0893. The Hall–Kier alpha value is -2.08. The predicted octanol–water partition coefficient (Wildman–Crippen LogP) is 2.10. The van der Waals surface area contributed by atoms with E-state index in [1.165, 1.54) is 7.11 Å². The van der Waals surface area contributed by atoms with Crippen molar-refractivity contribution in [3.63, 3.8) is 0 Å². The minimum Gasteiger partial charge on any atom is -0.465 e. The third kappa shape index (κ3) is 2.12. The van der Waals surface area contributed by atoms with E-state index in [1.807, 2.05) is 6.07 Å². The smallest absolute Gasteiger partial charge is 0.338 e. The standard InChI is InChI=1S/C14H17N3O3/c1-19-14(18)10-6-9(15)7-12-11(10)8-16-17(12)13-4-2-3-5-20-13/h6-8,13H,2-5,15H2,1H3. The van der Waals surface area contributed by atoms with E-state index in [1.54, 1.807) is 16.9 Å². The van der Waals surface area contributed by atoms with Gasteiger partial charge in [-0.25, -0.2) is 9.48 Å². The van der Waals surface area contributed by atoms with Crippen molar-refractivity contribution in [3.05, 3.63) is 23.9 Å². The zero-order valence-corrected chi connectivity index (χ0v) is 11.3. The molecule has 3 rings (SSSR count). The number of methoxy groups -OCH3 is 1. The first kappa shape index (κ1) is 12.9. The molecule has 6 nitrogen and oxygen atoms in total. The fourth-order valence-electron chi connectivity index (χ4n) is 2.59. The number of carbonyl (C=O) groups excluding carboxylic acids is 1. The Morgan fingerprint density at radius 2 is 2.35 bits per heavy atom. The number of aromatic nitrogens is 2. The highest BCUT2D eigenvalue weighted by molar-refractivity contribution is 6.04. The van der Waals surface area contributed by atoms with E-state index in [9.17, 15) is 4.79 Å². The molecule has 0 bridgehead atoms. The van der Waals surface area contributed by atoms with Crippen LogP contribution in [0.15, 0.2) is 18.3 Å². The van der Waals surface area contributed by atoms with Gasteiger partial charge >= 0.3 is 5.97 Å². The number of fused-ring (bicyclic) bond motifs is 1. The van der Waals surface area contributed by atoms with Crippen LogP contribution in [0, 0.1) is 0 Å². The van der Waals surface area contributed by atoms with Crippen molar-refractivity contribution >= 4 is 22.6 Å². The molecule has 0 amide bonds. The first-order valence-corrected chi connectivity index (χ1v) is 6.67. The average molecular weight is 275 g/mol. The van der Waals surface area contributed by atoms with Gasteiger partial charge in [-0.15, -0.1) is 0 Å². The molecule has 1 aromatic heterocycles. The van der Waals surface area contributed by atoms with Crippen molar-refractivity contribution < 1.29 is 14.3 Å². The SMILES string of the molecule is COC(=O)c1cc(N)cc2c1cnn2C1CCCCO1. The van der Waals surface area contributed by atoms with Crippen molar-refractivity contribution in [1.82, 2.24) is 9.78 Å². The van der Waals surface area contributed by atoms with Gasteiger partial charge in [-0.3, -0.25) is 0 Å². The molecule has 2 N–H and O–H groups in total. The first-order valence-electron chi connectivity index (χ1n) is 6.67.